The Labute approximate surface area is 218 Å². The zero-order valence-electron chi connectivity index (χ0n) is 19.7. The predicted molar refractivity (Wildman–Crippen MR) is 146 cm³/mol. The van der Waals surface area contributed by atoms with E-state index in [0.29, 0.717) is 11.4 Å². The smallest absolute Gasteiger partial charge is 0.0857 e. The molecule has 4 aromatic rings. The average Bonchev–Trinajstić information content (AvgIpc) is 2.93. The lowest BCUT2D eigenvalue weighted by Crippen LogP contribution is -1.93. The first-order valence-corrected chi connectivity index (χ1v) is 12.7. The van der Waals surface area contributed by atoms with Gasteiger partial charge >= 0.3 is 0 Å². The molecule has 0 aliphatic rings. The molecule has 0 saturated heterocycles. The first kappa shape index (κ1) is 25.2. The van der Waals surface area contributed by atoms with Crippen molar-refractivity contribution in [2.45, 2.75) is 33.4 Å². The van der Waals surface area contributed by atoms with Crippen molar-refractivity contribution >= 4 is 46.3 Å². The molecule has 2 N–H and O–H groups in total. The lowest BCUT2D eigenvalue weighted by atomic mass is 10.1. The molecular formula is C28H24N4O2S2. The molecule has 0 aromatic heterocycles. The second-order valence-electron chi connectivity index (χ2n) is 7.81. The van der Waals surface area contributed by atoms with E-state index >= 15 is 0 Å². The Morgan fingerprint density at radius 3 is 1.03 bits per heavy atom. The lowest BCUT2D eigenvalue weighted by molar-refractivity contribution is 0.319. The van der Waals surface area contributed by atoms with Gasteiger partial charge < -0.3 is 10.4 Å². The first-order valence-electron chi connectivity index (χ1n) is 11.1. The number of hydrogen-bond acceptors (Lipinski definition) is 8. The molecule has 36 heavy (non-hydrogen) atoms. The largest absolute Gasteiger partial charge is 0.411 e. The fraction of sp³-hybridized carbons (Fsp3) is 0.0714. The molecule has 0 unspecified atom stereocenters. The van der Waals surface area contributed by atoms with Crippen molar-refractivity contribution in [2.75, 3.05) is 0 Å². The zero-order valence-corrected chi connectivity index (χ0v) is 21.4. The SMILES string of the molecule is C/C(=N\O)c1ccc(Sc2ccc(N=Nc3ccc(Sc4ccc(/C(C)=N/O)cc4)cc3)cc2)cc1. The molecule has 180 valence electrons. The first-order chi connectivity index (χ1) is 17.5. The van der Waals surface area contributed by atoms with E-state index < -0.39 is 0 Å². The van der Waals surface area contributed by atoms with E-state index in [-0.39, 0.29) is 0 Å². The molecule has 8 heteroatoms. The number of rotatable bonds is 8. The summed E-state index contributed by atoms with van der Waals surface area (Å²) in [7, 11) is 0. The van der Waals surface area contributed by atoms with E-state index in [9.17, 15) is 0 Å². The average molecular weight is 513 g/mol. The van der Waals surface area contributed by atoms with E-state index in [0.717, 1.165) is 42.1 Å². The molecule has 6 nitrogen and oxygen atoms in total. The van der Waals surface area contributed by atoms with Gasteiger partial charge in [-0.3, -0.25) is 0 Å². The highest BCUT2D eigenvalue weighted by atomic mass is 32.2. The molecular weight excluding hydrogens is 488 g/mol. The summed E-state index contributed by atoms with van der Waals surface area (Å²) in [5.74, 6) is 0. The Balaban J connectivity index is 1.33. The van der Waals surface area contributed by atoms with Crippen molar-refractivity contribution in [3.05, 3.63) is 108 Å². The number of hydrogen-bond donors (Lipinski definition) is 2. The van der Waals surface area contributed by atoms with Crippen LogP contribution in [0.3, 0.4) is 0 Å². The zero-order chi connectivity index (χ0) is 25.3. The van der Waals surface area contributed by atoms with Crippen LogP contribution in [-0.2, 0) is 0 Å². The fourth-order valence-corrected chi connectivity index (χ4v) is 4.83. The number of nitrogens with zero attached hydrogens (tertiary/aromatic N) is 4. The molecule has 0 aliphatic heterocycles. The summed E-state index contributed by atoms with van der Waals surface area (Å²) in [6.45, 7) is 3.53. The van der Waals surface area contributed by atoms with Gasteiger partial charge in [0, 0.05) is 19.6 Å². The van der Waals surface area contributed by atoms with Gasteiger partial charge in [-0.05, 0) is 97.8 Å². The predicted octanol–water partition coefficient (Wildman–Crippen LogP) is 8.80. The number of oxime groups is 2. The van der Waals surface area contributed by atoms with E-state index in [4.69, 9.17) is 10.4 Å². The molecule has 0 saturated carbocycles. The Hall–Kier alpha value is -3.88. The van der Waals surface area contributed by atoms with Crippen LogP contribution in [0.5, 0.6) is 0 Å². The van der Waals surface area contributed by atoms with Crippen molar-refractivity contribution in [1.29, 1.82) is 0 Å². The molecule has 0 fully saturated rings. The summed E-state index contributed by atoms with van der Waals surface area (Å²) < 4.78 is 0. The van der Waals surface area contributed by atoms with E-state index in [2.05, 4.69) is 20.5 Å². The van der Waals surface area contributed by atoms with Crippen LogP contribution in [0.1, 0.15) is 25.0 Å². The lowest BCUT2D eigenvalue weighted by Gasteiger charge is -2.04. The van der Waals surface area contributed by atoms with Crippen LogP contribution in [0.2, 0.25) is 0 Å². The standard InChI is InChI=1S/C28H24N4O2S2/c1-19(31-33)21-3-11-25(12-4-21)35-27-15-7-23(8-16-27)29-30-24-9-17-28(18-10-24)36-26-13-5-22(6-14-26)20(2)32-34/h3-18,33-34H,1-2H3/b30-29?,31-19+,32-20+. The third kappa shape index (κ3) is 6.84. The molecule has 0 spiro atoms. The van der Waals surface area contributed by atoms with Crippen LogP contribution < -0.4 is 0 Å². The van der Waals surface area contributed by atoms with Crippen LogP contribution in [0, 0.1) is 0 Å². The van der Waals surface area contributed by atoms with E-state index in [1.807, 2.05) is 97.1 Å². The van der Waals surface area contributed by atoms with Gasteiger partial charge in [-0.15, -0.1) is 0 Å². The van der Waals surface area contributed by atoms with Crippen LogP contribution >= 0.6 is 23.5 Å². The van der Waals surface area contributed by atoms with Gasteiger partial charge in [-0.2, -0.15) is 10.2 Å². The van der Waals surface area contributed by atoms with Gasteiger partial charge in [0.05, 0.1) is 22.8 Å². The summed E-state index contributed by atoms with van der Waals surface area (Å²) in [6.07, 6.45) is 0. The molecule has 4 aromatic carbocycles. The number of azo groups is 1. The Bertz CT molecular complexity index is 1270. The Kier molecular flexibility index (Phi) is 8.54. The van der Waals surface area contributed by atoms with Gasteiger partial charge in [0.2, 0.25) is 0 Å². The fourth-order valence-electron chi connectivity index (χ4n) is 3.19. The molecule has 0 atom stereocenters. The maximum absolute atomic E-state index is 8.89. The minimum Gasteiger partial charge on any atom is -0.411 e. The third-order valence-corrected chi connectivity index (χ3v) is 7.30. The van der Waals surface area contributed by atoms with Crippen LogP contribution in [0.4, 0.5) is 11.4 Å². The third-order valence-electron chi connectivity index (χ3n) is 5.27. The molecule has 0 aliphatic carbocycles. The highest BCUT2D eigenvalue weighted by molar-refractivity contribution is 7.99. The van der Waals surface area contributed by atoms with Gasteiger partial charge in [0.25, 0.3) is 0 Å². The summed E-state index contributed by atoms with van der Waals surface area (Å²) in [4.78, 5) is 4.40. The summed E-state index contributed by atoms with van der Waals surface area (Å²) in [5, 5.41) is 32.9. The second kappa shape index (κ2) is 12.2. The van der Waals surface area contributed by atoms with Gasteiger partial charge in [0.15, 0.2) is 0 Å². The minimum atomic E-state index is 0.588. The van der Waals surface area contributed by atoms with Crippen LogP contribution in [-0.4, -0.2) is 21.8 Å². The maximum atomic E-state index is 8.89. The Morgan fingerprint density at radius 1 is 0.472 bits per heavy atom. The second-order valence-corrected chi connectivity index (χ2v) is 10.1. The van der Waals surface area contributed by atoms with Crippen molar-refractivity contribution < 1.29 is 10.4 Å². The minimum absolute atomic E-state index is 0.588. The van der Waals surface area contributed by atoms with Crippen molar-refractivity contribution in [1.82, 2.24) is 0 Å². The highest BCUT2D eigenvalue weighted by Crippen LogP contribution is 2.31. The molecule has 4 rings (SSSR count). The highest BCUT2D eigenvalue weighted by Gasteiger charge is 2.03. The van der Waals surface area contributed by atoms with Crippen LogP contribution in [0.15, 0.2) is 137 Å². The van der Waals surface area contributed by atoms with Crippen molar-refractivity contribution in [2.24, 2.45) is 20.5 Å². The quantitative estimate of drug-likeness (QED) is 0.107. The van der Waals surface area contributed by atoms with E-state index in [1.54, 1.807) is 37.4 Å². The van der Waals surface area contributed by atoms with Gasteiger partial charge in [-0.25, -0.2) is 0 Å². The molecule has 0 heterocycles. The molecule has 0 radical (unpaired) electrons. The number of benzene rings is 4. The molecule has 0 bridgehead atoms. The van der Waals surface area contributed by atoms with E-state index in [1.165, 1.54) is 0 Å². The van der Waals surface area contributed by atoms with Crippen LogP contribution in [0.25, 0.3) is 0 Å². The summed E-state index contributed by atoms with van der Waals surface area (Å²) >= 11 is 3.30. The topological polar surface area (TPSA) is 89.9 Å². The Morgan fingerprint density at radius 2 is 0.750 bits per heavy atom. The van der Waals surface area contributed by atoms with Gasteiger partial charge in [-0.1, -0.05) is 58.1 Å². The summed E-state index contributed by atoms with van der Waals surface area (Å²) in [6, 6.07) is 31.6. The van der Waals surface area contributed by atoms with Crippen molar-refractivity contribution in [3.8, 4) is 0 Å². The van der Waals surface area contributed by atoms with Crippen molar-refractivity contribution in [3.63, 3.8) is 0 Å². The van der Waals surface area contributed by atoms with Gasteiger partial charge in [0.1, 0.15) is 0 Å². The maximum Gasteiger partial charge on any atom is 0.0857 e. The molecule has 0 amide bonds. The summed E-state index contributed by atoms with van der Waals surface area (Å²) in [5.41, 5.74) is 4.52. The normalized spacial score (nSPS) is 12.3. The monoisotopic (exact) mass is 512 g/mol.